The molecule has 0 aliphatic carbocycles. The second-order valence-electron chi connectivity index (χ2n) is 2.69. The molecule has 76 valence electrons. The van der Waals surface area contributed by atoms with E-state index in [-0.39, 0.29) is 18.1 Å². The maximum absolute atomic E-state index is 11.3. The van der Waals surface area contributed by atoms with E-state index in [9.17, 15) is 4.79 Å². The van der Waals surface area contributed by atoms with Gasteiger partial charge in [0.1, 0.15) is 6.61 Å². The lowest BCUT2D eigenvalue weighted by Gasteiger charge is -2.03. The number of aryl methyl sites for hydroxylation is 1. The molecule has 1 N–H and O–H groups in total. The smallest absolute Gasteiger partial charge is 0.357 e. The highest BCUT2D eigenvalue weighted by Gasteiger charge is 2.10. The van der Waals surface area contributed by atoms with E-state index in [4.69, 9.17) is 9.84 Å². The van der Waals surface area contributed by atoms with Crippen LogP contribution in [0.25, 0.3) is 0 Å². The molecular formula is C9H12N2O3. The van der Waals surface area contributed by atoms with Crippen LogP contribution >= 0.6 is 0 Å². The maximum Gasteiger partial charge on any atom is 0.357 e. The molecule has 0 aliphatic heterocycles. The second-order valence-corrected chi connectivity index (χ2v) is 2.69. The summed E-state index contributed by atoms with van der Waals surface area (Å²) >= 11 is 0. The summed E-state index contributed by atoms with van der Waals surface area (Å²) in [6, 6.07) is 1.52. The standard InChI is InChI=1S/C9H12N2O3/c1-3-14-9(13)7-4-6(2)10-8(5-12)11-7/h4,12H,3,5H2,1-2H3. The molecule has 0 aromatic carbocycles. The molecule has 0 saturated carbocycles. The normalized spacial score (nSPS) is 9.93. The first-order valence-electron chi connectivity index (χ1n) is 4.30. The molecule has 1 aromatic heterocycles. The molecule has 0 amide bonds. The lowest BCUT2D eigenvalue weighted by atomic mass is 10.3. The summed E-state index contributed by atoms with van der Waals surface area (Å²) in [7, 11) is 0. The van der Waals surface area contributed by atoms with Gasteiger partial charge in [-0.25, -0.2) is 14.8 Å². The van der Waals surface area contributed by atoms with Crippen LogP contribution in [0.2, 0.25) is 0 Å². The van der Waals surface area contributed by atoms with Crippen LogP contribution in [-0.4, -0.2) is 27.7 Å². The molecule has 1 heterocycles. The van der Waals surface area contributed by atoms with E-state index in [0.29, 0.717) is 12.3 Å². The third kappa shape index (κ3) is 2.50. The van der Waals surface area contributed by atoms with E-state index in [1.54, 1.807) is 13.8 Å². The maximum atomic E-state index is 11.3. The summed E-state index contributed by atoms with van der Waals surface area (Å²) in [5.41, 5.74) is 0.815. The van der Waals surface area contributed by atoms with Crippen molar-refractivity contribution < 1.29 is 14.6 Å². The van der Waals surface area contributed by atoms with E-state index >= 15 is 0 Å². The van der Waals surface area contributed by atoms with Crippen LogP contribution in [0, 0.1) is 6.92 Å². The molecule has 14 heavy (non-hydrogen) atoms. The molecule has 5 heteroatoms. The topological polar surface area (TPSA) is 72.3 Å². The van der Waals surface area contributed by atoms with Crippen LogP contribution in [0.1, 0.15) is 28.9 Å². The van der Waals surface area contributed by atoms with Crippen molar-refractivity contribution in [2.45, 2.75) is 20.5 Å². The lowest BCUT2D eigenvalue weighted by Crippen LogP contribution is -2.10. The highest BCUT2D eigenvalue weighted by molar-refractivity contribution is 5.87. The first-order valence-corrected chi connectivity index (χ1v) is 4.30. The van der Waals surface area contributed by atoms with Crippen LogP contribution in [0.4, 0.5) is 0 Å². The molecule has 0 unspecified atom stereocenters. The Labute approximate surface area is 81.8 Å². The highest BCUT2D eigenvalue weighted by Crippen LogP contribution is 2.02. The second kappa shape index (κ2) is 4.66. The van der Waals surface area contributed by atoms with Crippen molar-refractivity contribution >= 4 is 5.97 Å². The van der Waals surface area contributed by atoms with Crippen molar-refractivity contribution in [1.29, 1.82) is 0 Å². The monoisotopic (exact) mass is 196 g/mol. The molecule has 0 spiro atoms. The molecule has 0 saturated heterocycles. The van der Waals surface area contributed by atoms with Crippen LogP contribution in [0.5, 0.6) is 0 Å². The number of carbonyl (C=O) groups is 1. The first-order chi connectivity index (χ1) is 6.67. The highest BCUT2D eigenvalue weighted by atomic mass is 16.5. The number of esters is 1. The molecule has 0 fully saturated rings. The Hall–Kier alpha value is -1.49. The van der Waals surface area contributed by atoms with Crippen LogP contribution in [-0.2, 0) is 11.3 Å². The van der Waals surface area contributed by atoms with Crippen molar-refractivity contribution in [2.24, 2.45) is 0 Å². The zero-order valence-electron chi connectivity index (χ0n) is 8.15. The fourth-order valence-corrected chi connectivity index (χ4v) is 1.01. The van der Waals surface area contributed by atoms with E-state index in [1.807, 2.05) is 0 Å². The zero-order valence-corrected chi connectivity index (χ0v) is 8.15. The van der Waals surface area contributed by atoms with Crippen molar-refractivity contribution in [3.63, 3.8) is 0 Å². The van der Waals surface area contributed by atoms with Gasteiger partial charge in [0.25, 0.3) is 0 Å². The van der Waals surface area contributed by atoms with E-state index in [1.165, 1.54) is 6.07 Å². The predicted octanol–water partition coefficient (Wildman–Crippen LogP) is 0.454. The zero-order chi connectivity index (χ0) is 10.6. The van der Waals surface area contributed by atoms with Crippen molar-refractivity contribution in [2.75, 3.05) is 6.61 Å². The molecule has 0 aliphatic rings. The number of aliphatic hydroxyl groups is 1. The Morgan fingerprint density at radius 1 is 1.57 bits per heavy atom. The number of nitrogens with zero attached hydrogens (tertiary/aromatic N) is 2. The van der Waals surface area contributed by atoms with Gasteiger partial charge in [0, 0.05) is 5.69 Å². The van der Waals surface area contributed by atoms with Gasteiger partial charge in [-0.2, -0.15) is 0 Å². The Morgan fingerprint density at radius 3 is 2.86 bits per heavy atom. The molecular weight excluding hydrogens is 184 g/mol. The van der Waals surface area contributed by atoms with Crippen molar-refractivity contribution in [3.05, 3.63) is 23.3 Å². The number of aromatic nitrogens is 2. The van der Waals surface area contributed by atoms with Gasteiger partial charge in [-0.15, -0.1) is 0 Å². The first kappa shape index (κ1) is 10.6. The van der Waals surface area contributed by atoms with Crippen molar-refractivity contribution in [1.82, 2.24) is 9.97 Å². The quantitative estimate of drug-likeness (QED) is 0.711. The fourth-order valence-electron chi connectivity index (χ4n) is 1.01. The van der Waals surface area contributed by atoms with Gasteiger partial charge < -0.3 is 9.84 Å². The average molecular weight is 196 g/mol. The van der Waals surface area contributed by atoms with Crippen LogP contribution in [0.3, 0.4) is 0 Å². The SMILES string of the molecule is CCOC(=O)c1cc(C)nc(CO)n1. The Balaban J connectivity index is 2.96. The van der Waals surface area contributed by atoms with Gasteiger partial charge in [-0.05, 0) is 19.9 Å². The minimum absolute atomic E-state index is 0.184. The van der Waals surface area contributed by atoms with Gasteiger partial charge in [0.05, 0.1) is 6.61 Å². The Morgan fingerprint density at radius 2 is 2.29 bits per heavy atom. The van der Waals surface area contributed by atoms with E-state index in [2.05, 4.69) is 9.97 Å². The fraction of sp³-hybridized carbons (Fsp3) is 0.444. The van der Waals surface area contributed by atoms with Crippen molar-refractivity contribution in [3.8, 4) is 0 Å². The van der Waals surface area contributed by atoms with Crippen LogP contribution < -0.4 is 0 Å². The summed E-state index contributed by atoms with van der Waals surface area (Å²) in [6.45, 7) is 3.47. The third-order valence-electron chi connectivity index (χ3n) is 1.53. The predicted molar refractivity (Wildman–Crippen MR) is 48.6 cm³/mol. The number of aliphatic hydroxyl groups excluding tert-OH is 1. The van der Waals surface area contributed by atoms with Gasteiger partial charge in [-0.3, -0.25) is 0 Å². The molecule has 0 radical (unpaired) electrons. The number of ether oxygens (including phenoxy) is 1. The van der Waals surface area contributed by atoms with E-state index < -0.39 is 5.97 Å². The van der Waals surface area contributed by atoms with Gasteiger partial charge in [0.2, 0.25) is 0 Å². The number of rotatable bonds is 3. The summed E-state index contributed by atoms with van der Waals surface area (Å²) in [6.07, 6.45) is 0. The largest absolute Gasteiger partial charge is 0.461 e. The molecule has 1 rings (SSSR count). The third-order valence-corrected chi connectivity index (χ3v) is 1.53. The van der Waals surface area contributed by atoms with E-state index in [0.717, 1.165) is 0 Å². The number of hydrogen-bond acceptors (Lipinski definition) is 5. The molecule has 5 nitrogen and oxygen atoms in total. The average Bonchev–Trinajstić information content (AvgIpc) is 2.17. The Bertz CT molecular complexity index is 339. The van der Waals surface area contributed by atoms with Crippen LogP contribution in [0.15, 0.2) is 6.07 Å². The number of hydrogen-bond donors (Lipinski definition) is 1. The van der Waals surface area contributed by atoms with Gasteiger partial charge >= 0.3 is 5.97 Å². The summed E-state index contributed by atoms with van der Waals surface area (Å²) in [4.78, 5) is 19.0. The van der Waals surface area contributed by atoms with Gasteiger partial charge in [-0.1, -0.05) is 0 Å². The minimum atomic E-state index is -0.493. The number of carbonyl (C=O) groups excluding carboxylic acids is 1. The molecule has 0 atom stereocenters. The van der Waals surface area contributed by atoms with Gasteiger partial charge in [0.15, 0.2) is 11.5 Å². The summed E-state index contributed by atoms with van der Waals surface area (Å²) in [5, 5.41) is 8.82. The summed E-state index contributed by atoms with van der Waals surface area (Å²) < 4.78 is 4.77. The molecule has 1 aromatic rings. The molecule has 0 bridgehead atoms. The Kier molecular flexibility index (Phi) is 3.53. The summed E-state index contributed by atoms with van der Waals surface area (Å²) in [5.74, 6) is -0.263. The minimum Gasteiger partial charge on any atom is -0.461 e. The lowest BCUT2D eigenvalue weighted by molar-refractivity contribution is 0.0518.